The van der Waals surface area contributed by atoms with E-state index in [4.69, 9.17) is 31.2 Å². The molecular formula is C20H23N3O6S. The van der Waals surface area contributed by atoms with Crippen molar-refractivity contribution >= 4 is 34.9 Å². The molecule has 0 bridgehead atoms. The lowest BCUT2D eigenvalue weighted by atomic mass is 10.1. The number of carbonyl (C=O) groups is 2. The van der Waals surface area contributed by atoms with Crippen molar-refractivity contribution in [3.63, 3.8) is 0 Å². The second kappa shape index (κ2) is 10.9. The molecule has 0 saturated heterocycles. The van der Waals surface area contributed by atoms with Crippen LogP contribution in [0, 0.1) is 0 Å². The van der Waals surface area contributed by atoms with Gasteiger partial charge in [-0.15, -0.1) is 0 Å². The quantitative estimate of drug-likeness (QED) is 0.345. The average Bonchev–Trinajstić information content (AvgIpc) is 2.76. The van der Waals surface area contributed by atoms with E-state index in [2.05, 4.69) is 16.2 Å². The normalized spacial score (nSPS) is 9.87. The lowest BCUT2D eigenvalue weighted by Crippen LogP contribution is -2.43. The molecular weight excluding hydrogens is 410 g/mol. The topological polar surface area (TPSA) is 107 Å². The summed E-state index contributed by atoms with van der Waals surface area (Å²) in [5.41, 5.74) is 6.43. The molecule has 160 valence electrons. The van der Waals surface area contributed by atoms with Crippen LogP contribution in [0.3, 0.4) is 0 Å². The molecule has 0 unspecified atom stereocenters. The Hall–Kier alpha value is -3.53. The van der Waals surface area contributed by atoms with Gasteiger partial charge >= 0.3 is 5.97 Å². The first kappa shape index (κ1) is 22.8. The minimum atomic E-state index is -0.462. The number of nitrogens with one attached hydrogen (secondary N) is 3. The minimum absolute atomic E-state index is 0.152. The Kier molecular flexibility index (Phi) is 8.24. The van der Waals surface area contributed by atoms with E-state index in [0.717, 1.165) is 0 Å². The van der Waals surface area contributed by atoms with Crippen LogP contribution in [-0.4, -0.2) is 44.9 Å². The molecule has 0 fully saturated rings. The van der Waals surface area contributed by atoms with Gasteiger partial charge in [0.15, 0.2) is 16.6 Å². The molecule has 2 rings (SSSR count). The molecule has 0 atom stereocenters. The zero-order valence-electron chi connectivity index (χ0n) is 17.0. The maximum atomic E-state index is 12.5. The van der Waals surface area contributed by atoms with Crippen LogP contribution in [-0.2, 0) is 4.74 Å². The Labute approximate surface area is 179 Å². The summed E-state index contributed by atoms with van der Waals surface area (Å²) in [4.78, 5) is 24.1. The lowest BCUT2D eigenvalue weighted by Gasteiger charge is -2.15. The van der Waals surface area contributed by atoms with Crippen LogP contribution in [0.15, 0.2) is 36.4 Å². The third-order valence-electron chi connectivity index (χ3n) is 3.87. The number of hydrogen-bond donors (Lipinski definition) is 3. The van der Waals surface area contributed by atoms with Crippen LogP contribution >= 0.6 is 12.2 Å². The van der Waals surface area contributed by atoms with E-state index >= 15 is 0 Å². The van der Waals surface area contributed by atoms with Crippen LogP contribution < -0.4 is 30.4 Å². The molecule has 3 N–H and O–H groups in total. The highest BCUT2D eigenvalue weighted by Gasteiger charge is 2.17. The van der Waals surface area contributed by atoms with Gasteiger partial charge in [0.05, 0.1) is 33.5 Å². The van der Waals surface area contributed by atoms with E-state index in [-0.39, 0.29) is 10.7 Å². The fourth-order valence-electron chi connectivity index (χ4n) is 2.46. The largest absolute Gasteiger partial charge is 0.493 e. The van der Waals surface area contributed by atoms with E-state index in [1.54, 1.807) is 31.2 Å². The number of benzene rings is 2. The Morgan fingerprint density at radius 3 is 2.00 bits per heavy atom. The monoisotopic (exact) mass is 433 g/mol. The number of methoxy groups -OCH3 is 3. The van der Waals surface area contributed by atoms with Gasteiger partial charge in [-0.1, -0.05) is 0 Å². The third-order valence-corrected chi connectivity index (χ3v) is 4.07. The number of rotatable bonds is 7. The molecule has 0 aliphatic heterocycles. The Morgan fingerprint density at radius 1 is 0.900 bits per heavy atom. The van der Waals surface area contributed by atoms with Crippen LogP contribution in [0.1, 0.15) is 27.6 Å². The highest BCUT2D eigenvalue weighted by atomic mass is 32.1. The molecule has 0 aliphatic rings. The smallest absolute Gasteiger partial charge is 0.338 e. The van der Waals surface area contributed by atoms with Gasteiger partial charge in [0.1, 0.15) is 0 Å². The number of hydrazine groups is 1. The van der Waals surface area contributed by atoms with Gasteiger partial charge in [0.25, 0.3) is 5.91 Å². The highest BCUT2D eigenvalue weighted by molar-refractivity contribution is 7.80. The maximum Gasteiger partial charge on any atom is 0.338 e. The number of thiocarbonyl (C=S) groups is 1. The van der Waals surface area contributed by atoms with Gasteiger partial charge in [-0.25, -0.2) is 4.79 Å². The molecule has 9 nitrogen and oxygen atoms in total. The van der Waals surface area contributed by atoms with E-state index in [0.29, 0.717) is 35.1 Å². The van der Waals surface area contributed by atoms with E-state index in [1.807, 2.05) is 0 Å². The van der Waals surface area contributed by atoms with Gasteiger partial charge in [0, 0.05) is 11.3 Å². The fourth-order valence-corrected chi connectivity index (χ4v) is 2.63. The van der Waals surface area contributed by atoms with Crippen molar-refractivity contribution in [1.29, 1.82) is 0 Å². The number of amides is 1. The molecule has 0 radical (unpaired) electrons. The zero-order valence-corrected chi connectivity index (χ0v) is 17.8. The maximum absolute atomic E-state index is 12.5. The van der Waals surface area contributed by atoms with Crippen LogP contribution in [0.2, 0.25) is 0 Å². The molecule has 2 aromatic rings. The summed E-state index contributed by atoms with van der Waals surface area (Å²) in [6, 6.07) is 9.59. The minimum Gasteiger partial charge on any atom is -0.493 e. The molecule has 1 amide bonds. The average molecular weight is 433 g/mol. The molecule has 0 aliphatic carbocycles. The summed E-state index contributed by atoms with van der Waals surface area (Å²) in [5, 5.41) is 3.05. The van der Waals surface area contributed by atoms with E-state index < -0.39 is 11.9 Å². The summed E-state index contributed by atoms with van der Waals surface area (Å²) in [5.74, 6) is 0.222. The van der Waals surface area contributed by atoms with Crippen LogP contribution in [0.5, 0.6) is 17.2 Å². The predicted octanol–water partition coefficient (Wildman–Crippen LogP) is 2.52. The van der Waals surface area contributed by atoms with E-state index in [9.17, 15) is 9.59 Å². The van der Waals surface area contributed by atoms with Crippen molar-refractivity contribution in [2.75, 3.05) is 33.3 Å². The molecule has 10 heteroatoms. The summed E-state index contributed by atoms with van der Waals surface area (Å²) < 4.78 is 20.6. The van der Waals surface area contributed by atoms with Gasteiger partial charge in [-0.2, -0.15) is 0 Å². The van der Waals surface area contributed by atoms with Crippen molar-refractivity contribution in [3.05, 3.63) is 47.5 Å². The van der Waals surface area contributed by atoms with Crippen molar-refractivity contribution in [2.45, 2.75) is 6.92 Å². The zero-order chi connectivity index (χ0) is 22.1. The van der Waals surface area contributed by atoms with Gasteiger partial charge in [-0.3, -0.25) is 15.6 Å². The van der Waals surface area contributed by atoms with Crippen molar-refractivity contribution in [1.82, 2.24) is 10.9 Å². The second-order valence-corrected chi connectivity index (χ2v) is 6.15. The fraction of sp³-hybridized carbons (Fsp3) is 0.250. The first-order chi connectivity index (χ1) is 14.4. The molecule has 0 saturated carbocycles. The van der Waals surface area contributed by atoms with Crippen molar-refractivity contribution < 1.29 is 28.5 Å². The first-order valence-corrected chi connectivity index (χ1v) is 9.28. The summed E-state index contributed by atoms with van der Waals surface area (Å²) >= 11 is 5.17. The van der Waals surface area contributed by atoms with Crippen molar-refractivity contribution in [2.24, 2.45) is 0 Å². The second-order valence-electron chi connectivity index (χ2n) is 5.75. The molecule has 30 heavy (non-hydrogen) atoms. The highest BCUT2D eigenvalue weighted by Crippen LogP contribution is 2.38. The number of carbonyl (C=O) groups excluding carboxylic acids is 2. The Balaban J connectivity index is 1.98. The predicted molar refractivity (Wildman–Crippen MR) is 115 cm³/mol. The third kappa shape index (κ3) is 5.74. The van der Waals surface area contributed by atoms with Gasteiger partial charge < -0.3 is 24.3 Å². The van der Waals surface area contributed by atoms with Crippen molar-refractivity contribution in [3.8, 4) is 17.2 Å². The standard InChI is InChI=1S/C20H23N3O6S/c1-5-29-19(25)12-6-8-14(9-7-12)21-20(30)23-22-18(24)13-10-15(26-2)17(28-4)16(11-13)27-3/h6-11H,5H2,1-4H3,(H,22,24)(H2,21,23,30). The van der Waals surface area contributed by atoms with E-state index in [1.165, 1.54) is 33.5 Å². The first-order valence-electron chi connectivity index (χ1n) is 8.88. The van der Waals surface area contributed by atoms with Gasteiger partial charge in [0.2, 0.25) is 5.75 Å². The van der Waals surface area contributed by atoms with Crippen LogP contribution in [0.4, 0.5) is 5.69 Å². The number of anilines is 1. The summed E-state index contributed by atoms with van der Waals surface area (Å²) in [7, 11) is 4.40. The molecule has 0 spiro atoms. The molecule has 2 aromatic carbocycles. The lowest BCUT2D eigenvalue weighted by molar-refractivity contribution is 0.0526. The Bertz CT molecular complexity index is 892. The number of hydrogen-bond acceptors (Lipinski definition) is 7. The summed E-state index contributed by atoms with van der Waals surface area (Å²) in [6.07, 6.45) is 0. The molecule has 0 aromatic heterocycles. The number of esters is 1. The SMILES string of the molecule is CCOC(=O)c1ccc(NC(=S)NNC(=O)c2cc(OC)c(OC)c(OC)c2)cc1. The Morgan fingerprint density at radius 2 is 1.50 bits per heavy atom. The van der Waals surface area contributed by atoms with Gasteiger partial charge in [-0.05, 0) is 55.5 Å². The molecule has 0 heterocycles. The number of ether oxygens (including phenoxy) is 4. The van der Waals surface area contributed by atoms with Crippen LogP contribution in [0.25, 0.3) is 0 Å². The summed E-state index contributed by atoms with van der Waals surface area (Å²) in [6.45, 7) is 2.04.